The van der Waals surface area contributed by atoms with Crippen LogP contribution in [0.5, 0.6) is 0 Å². The fourth-order valence-corrected chi connectivity index (χ4v) is 1.79. The standard InChI is InChI=1S/C12H16FNO2/c1-3-14-12(2,8-11(15)16)9-5-4-6-10(13)7-9/h4-7,14H,3,8H2,1-2H3,(H,15,16). The van der Waals surface area contributed by atoms with Crippen molar-refractivity contribution in [2.75, 3.05) is 6.54 Å². The molecule has 0 amide bonds. The Morgan fingerprint density at radius 2 is 2.25 bits per heavy atom. The Kier molecular flexibility index (Phi) is 4.01. The van der Waals surface area contributed by atoms with E-state index in [2.05, 4.69) is 5.32 Å². The maximum atomic E-state index is 13.1. The summed E-state index contributed by atoms with van der Waals surface area (Å²) in [4.78, 5) is 10.8. The van der Waals surface area contributed by atoms with Crippen LogP contribution in [-0.2, 0) is 10.3 Å². The van der Waals surface area contributed by atoms with Crippen molar-refractivity contribution in [2.24, 2.45) is 0 Å². The number of carbonyl (C=O) groups is 1. The summed E-state index contributed by atoms with van der Waals surface area (Å²) in [5.41, 5.74) is -0.0837. The Bertz CT molecular complexity index is 381. The van der Waals surface area contributed by atoms with Crippen molar-refractivity contribution < 1.29 is 14.3 Å². The number of benzene rings is 1. The van der Waals surface area contributed by atoms with Crippen molar-refractivity contribution in [1.82, 2.24) is 5.32 Å². The number of carboxylic acids is 1. The number of aliphatic carboxylic acids is 1. The summed E-state index contributed by atoms with van der Waals surface area (Å²) < 4.78 is 13.1. The number of rotatable bonds is 5. The van der Waals surface area contributed by atoms with Crippen molar-refractivity contribution in [3.63, 3.8) is 0 Å². The van der Waals surface area contributed by atoms with E-state index >= 15 is 0 Å². The van der Waals surface area contributed by atoms with Crippen molar-refractivity contribution in [3.05, 3.63) is 35.6 Å². The monoisotopic (exact) mass is 225 g/mol. The summed E-state index contributed by atoms with van der Waals surface area (Å²) in [6.07, 6.45) is -0.0791. The largest absolute Gasteiger partial charge is 0.481 e. The van der Waals surface area contributed by atoms with E-state index in [-0.39, 0.29) is 12.2 Å². The summed E-state index contributed by atoms with van der Waals surface area (Å²) in [5, 5.41) is 12.0. The van der Waals surface area contributed by atoms with Crippen LogP contribution in [0.25, 0.3) is 0 Å². The minimum absolute atomic E-state index is 0.0791. The molecule has 16 heavy (non-hydrogen) atoms. The Morgan fingerprint density at radius 3 is 2.75 bits per heavy atom. The van der Waals surface area contributed by atoms with Crippen LogP contribution in [0.15, 0.2) is 24.3 Å². The van der Waals surface area contributed by atoms with Gasteiger partial charge in [-0.15, -0.1) is 0 Å². The molecule has 88 valence electrons. The van der Waals surface area contributed by atoms with Gasteiger partial charge in [0.05, 0.1) is 12.0 Å². The number of halogens is 1. The Hall–Kier alpha value is -1.42. The fraction of sp³-hybridized carbons (Fsp3) is 0.417. The zero-order valence-electron chi connectivity index (χ0n) is 9.46. The molecule has 0 aliphatic carbocycles. The third-order valence-electron chi connectivity index (χ3n) is 2.53. The lowest BCUT2D eigenvalue weighted by Gasteiger charge is -2.29. The van der Waals surface area contributed by atoms with Crippen molar-refractivity contribution >= 4 is 5.97 Å². The lowest BCUT2D eigenvalue weighted by molar-refractivity contribution is -0.138. The van der Waals surface area contributed by atoms with Gasteiger partial charge < -0.3 is 10.4 Å². The molecule has 0 bridgehead atoms. The van der Waals surface area contributed by atoms with Crippen LogP contribution in [-0.4, -0.2) is 17.6 Å². The van der Waals surface area contributed by atoms with E-state index in [1.807, 2.05) is 6.92 Å². The van der Waals surface area contributed by atoms with Crippen molar-refractivity contribution in [2.45, 2.75) is 25.8 Å². The number of nitrogens with one attached hydrogen (secondary N) is 1. The first-order valence-electron chi connectivity index (χ1n) is 5.21. The van der Waals surface area contributed by atoms with Crippen molar-refractivity contribution in [1.29, 1.82) is 0 Å². The van der Waals surface area contributed by atoms with Gasteiger partial charge in [0.25, 0.3) is 0 Å². The molecule has 3 nitrogen and oxygen atoms in total. The number of carboxylic acid groups (broad SMARTS) is 1. The smallest absolute Gasteiger partial charge is 0.305 e. The molecule has 0 heterocycles. The van der Waals surface area contributed by atoms with E-state index in [1.54, 1.807) is 19.1 Å². The van der Waals surface area contributed by atoms with Gasteiger partial charge in [-0.3, -0.25) is 4.79 Å². The lowest BCUT2D eigenvalue weighted by Crippen LogP contribution is -2.41. The van der Waals surface area contributed by atoms with Crippen LogP contribution in [0.3, 0.4) is 0 Å². The van der Waals surface area contributed by atoms with E-state index in [1.165, 1.54) is 12.1 Å². The van der Waals surface area contributed by atoms with Gasteiger partial charge in [-0.1, -0.05) is 19.1 Å². The topological polar surface area (TPSA) is 49.3 Å². The molecule has 4 heteroatoms. The highest BCUT2D eigenvalue weighted by Gasteiger charge is 2.28. The quantitative estimate of drug-likeness (QED) is 0.807. The summed E-state index contributed by atoms with van der Waals surface area (Å²) >= 11 is 0. The highest BCUT2D eigenvalue weighted by molar-refractivity contribution is 5.68. The molecule has 1 unspecified atom stereocenters. The Morgan fingerprint density at radius 1 is 1.56 bits per heavy atom. The second kappa shape index (κ2) is 5.07. The van der Waals surface area contributed by atoms with Gasteiger partial charge >= 0.3 is 5.97 Å². The molecular weight excluding hydrogens is 209 g/mol. The van der Waals surface area contributed by atoms with E-state index < -0.39 is 11.5 Å². The molecule has 0 aromatic heterocycles. The first-order chi connectivity index (χ1) is 7.48. The van der Waals surface area contributed by atoms with E-state index in [4.69, 9.17) is 5.11 Å². The number of hydrogen-bond donors (Lipinski definition) is 2. The van der Waals surface area contributed by atoms with Crippen LogP contribution >= 0.6 is 0 Å². The van der Waals surface area contributed by atoms with Gasteiger partial charge in [0.2, 0.25) is 0 Å². The molecule has 0 aliphatic rings. The molecule has 0 saturated heterocycles. The van der Waals surface area contributed by atoms with Crippen LogP contribution in [0.2, 0.25) is 0 Å². The molecule has 1 rings (SSSR count). The van der Waals surface area contributed by atoms with Gasteiger partial charge in [-0.2, -0.15) is 0 Å². The number of hydrogen-bond acceptors (Lipinski definition) is 2. The Labute approximate surface area is 94.3 Å². The maximum absolute atomic E-state index is 13.1. The third kappa shape index (κ3) is 3.03. The highest BCUT2D eigenvalue weighted by atomic mass is 19.1. The average molecular weight is 225 g/mol. The van der Waals surface area contributed by atoms with Gasteiger partial charge in [0.1, 0.15) is 5.82 Å². The van der Waals surface area contributed by atoms with Gasteiger partial charge in [-0.25, -0.2) is 4.39 Å². The molecule has 0 aliphatic heterocycles. The van der Waals surface area contributed by atoms with E-state index in [0.717, 1.165) is 0 Å². The minimum atomic E-state index is -0.910. The first kappa shape index (κ1) is 12.6. The van der Waals surface area contributed by atoms with Crippen LogP contribution in [0.4, 0.5) is 4.39 Å². The molecule has 1 atom stereocenters. The zero-order chi connectivity index (χ0) is 12.2. The molecule has 0 radical (unpaired) electrons. The van der Waals surface area contributed by atoms with Crippen LogP contribution < -0.4 is 5.32 Å². The predicted molar refractivity (Wildman–Crippen MR) is 59.7 cm³/mol. The molecule has 0 saturated carbocycles. The molecule has 1 aromatic carbocycles. The summed E-state index contributed by atoms with van der Waals surface area (Å²) in [6, 6.07) is 6.03. The summed E-state index contributed by atoms with van der Waals surface area (Å²) in [6.45, 7) is 4.28. The Balaban J connectivity index is 3.05. The highest BCUT2D eigenvalue weighted by Crippen LogP contribution is 2.25. The van der Waals surface area contributed by atoms with Crippen molar-refractivity contribution in [3.8, 4) is 0 Å². The summed E-state index contributed by atoms with van der Waals surface area (Å²) in [5.74, 6) is -1.26. The van der Waals surface area contributed by atoms with Crippen LogP contribution in [0.1, 0.15) is 25.8 Å². The van der Waals surface area contributed by atoms with Gasteiger partial charge in [0.15, 0.2) is 0 Å². The molecule has 2 N–H and O–H groups in total. The first-order valence-corrected chi connectivity index (χ1v) is 5.21. The SMILES string of the molecule is CCNC(C)(CC(=O)O)c1cccc(F)c1. The molecule has 1 aromatic rings. The van der Waals surface area contributed by atoms with Crippen LogP contribution in [0, 0.1) is 5.82 Å². The third-order valence-corrected chi connectivity index (χ3v) is 2.53. The summed E-state index contributed by atoms with van der Waals surface area (Å²) in [7, 11) is 0. The van der Waals surface area contributed by atoms with Gasteiger partial charge in [0, 0.05) is 0 Å². The van der Waals surface area contributed by atoms with E-state index in [0.29, 0.717) is 12.1 Å². The second-order valence-electron chi connectivity index (χ2n) is 3.94. The second-order valence-corrected chi connectivity index (χ2v) is 3.94. The molecular formula is C12H16FNO2. The lowest BCUT2D eigenvalue weighted by atomic mass is 9.88. The average Bonchev–Trinajstić information content (AvgIpc) is 2.16. The van der Waals surface area contributed by atoms with Gasteiger partial charge in [-0.05, 0) is 31.2 Å². The predicted octanol–water partition coefficient (Wildman–Crippen LogP) is 2.13. The zero-order valence-corrected chi connectivity index (χ0v) is 9.46. The minimum Gasteiger partial charge on any atom is -0.481 e. The molecule has 0 fully saturated rings. The fourth-order valence-electron chi connectivity index (χ4n) is 1.79. The maximum Gasteiger partial charge on any atom is 0.305 e. The normalized spacial score (nSPS) is 14.4. The van der Waals surface area contributed by atoms with E-state index in [9.17, 15) is 9.18 Å². The molecule has 0 spiro atoms.